The van der Waals surface area contributed by atoms with Gasteiger partial charge >= 0.3 is 0 Å². The summed E-state index contributed by atoms with van der Waals surface area (Å²) in [7, 11) is 0. The summed E-state index contributed by atoms with van der Waals surface area (Å²) in [5.41, 5.74) is 4.01. The van der Waals surface area contributed by atoms with E-state index in [1.165, 1.54) is 0 Å². The molecule has 3 aromatic rings. The van der Waals surface area contributed by atoms with E-state index in [-0.39, 0.29) is 29.7 Å². The first-order valence-electron chi connectivity index (χ1n) is 10.4. The van der Waals surface area contributed by atoms with Crippen molar-refractivity contribution >= 4 is 35.0 Å². The monoisotopic (exact) mass is 459 g/mol. The van der Waals surface area contributed by atoms with Crippen LogP contribution in [-0.4, -0.2) is 22.6 Å². The van der Waals surface area contributed by atoms with Crippen molar-refractivity contribution in [3.8, 4) is 0 Å². The minimum absolute atomic E-state index is 0.0824. The van der Waals surface area contributed by atoms with Gasteiger partial charge in [-0.05, 0) is 41.8 Å². The molecule has 3 aromatic carbocycles. The molecule has 0 radical (unpaired) electrons. The van der Waals surface area contributed by atoms with Gasteiger partial charge in [-0.15, -0.1) is 0 Å². The normalized spacial score (nSPS) is 13.5. The molecular formula is C26H22ClN3O3. The maximum atomic E-state index is 12.7. The second-order valence-corrected chi connectivity index (χ2v) is 8.07. The zero-order valence-electron chi connectivity index (χ0n) is 18.0. The lowest BCUT2D eigenvalue weighted by Crippen LogP contribution is -2.33. The summed E-state index contributed by atoms with van der Waals surface area (Å²) < 4.78 is 0. The van der Waals surface area contributed by atoms with E-state index >= 15 is 0 Å². The predicted octanol–water partition coefficient (Wildman–Crippen LogP) is 4.36. The lowest BCUT2D eigenvalue weighted by atomic mass is 10.1. The molecule has 3 amide bonds. The number of rotatable bonds is 7. The summed E-state index contributed by atoms with van der Waals surface area (Å²) in [6.45, 7) is 2.37. The summed E-state index contributed by atoms with van der Waals surface area (Å²) in [6, 6.07) is 23.8. The average Bonchev–Trinajstić information content (AvgIpc) is 3.03. The molecule has 2 N–H and O–H groups in total. The Morgan fingerprint density at radius 1 is 0.848 bits per heavy atom. The SMILES string of the molecule is Cc1ccccc1NC(=O)c1ccc(CNC2=C(Cl)C(=O)N(Cc3ccccc3)C2=O)cc1. The number of hydrogen-bond donors (Lipinski definition) is 2. The highest BCUT2D eigenvalue weighted by molar-refractivity contribution is 6.47. The molecule has 0 saturated carbocycles. The van der Waals surface area contributed by atoms with E-state index in [0.29, 0.717) is 5.56 Å². The van der Waals surface area contributed by atoms with E-state index in [0.717, 1.165) is 27.3 Å². The minimum atomic E-state index is -0.517. The quantitative estimate of drug-likeness (QED) is 0.515. The zero-order chi connectivity index (χ0) is 23.4. The van der Waals surface area contributed by atoms with E-state index < -0.39 is 11.8 Å². The number of hydrogen-bond acceptors (Lipinski definition) is 4. The molecule has 6 nitrogen and oxygen atoms in total. The van der Waals surface area contributed by atoms with Crippen LogP contribution in [0.5, 0.6) is 0 Å². The molecule has 1 heterocycles. The molecule has 166 valence electrons. The van der Waals surface area contributed by atoms with Gasteiger partial charge in [0.1, 0.15) is 10.7 Å². The van der Waals surface area contributed by atoms with Gasteiger partial charge in [0.05, 0.1) is 6.54 Å². The molecule has 0 aromatic heterocycles. The van der Waals surface area contributed by atoms with Gasteiger partial charge in [0.15, 0.2) is 0 Å². The summed E-state index contributed by atoms with van der Waals surface area (Å²) in [6.07, 6.45) is 0. The van der Waals surface area contributed by atoms with Crippen molar-refractivity contribution in [1.29, 1.82) is 0 Å². The summed E-state index contributed by atoms with van der Waals surface area (Å²) >= 11 is 6.16. The van der Waals surface area contributed by atoms with Gasteiger partial charge in [-0.3, -0.25) is 19.3 Å². The molecule has 0 bridgehead atoms. The molecule has 7 heteroatoms. The maximum absolute atomic E-state index is 12.7. The summed E-state index contributed by atoms with van der Waals surface area (Å²) in [5, 5.41) is 5.75. The Hall–Kier alpha value is -3.90. The first-order chi connectivity index (χ1) is 15.9. The molecule has 0 fully saturated rings. The molecule has 1 aliphatic rings. The first-order valence-corrected chi connectivity index (χ1v) is 10.8. The molecule has 0 aliphatic carbocycles. The van der Waals surface area contributed by atoms with Crippen LogP contribution in [0.2, 0.25) is 0 Å². The molecule has 4 rings (SSSR count). The smallest absolute Gasteiger partial charge is 0.278 e. The number of nitrogens with zero attached hydrogens (tertiary/aromatic N) is 1. The van der Waals surface area contributed by atoms with Crippen LogP contribution in [0.25, 0.3) is 0 Å². The van der Waals surface area contributed by atoms with Crippen molar-refractivity contribution in [2.45, 2.75) is 20.0 Å². The molecule has 0 atom stereocenters. The van der Waals surface area contributed by atoms with Crippen molar-refractivity contribution in [1.82, 2.24) is 10.2 Å². The topological polar surface area (TPSA) is 78.5 Å². The van der Waals surface area contributed by atoms with E-state index in [2.05, 4.69) is 10.6 Å². The van der Waals surface area contributed by atoms with Gasteiger partial charge in [-0.25, -0.2) is 0 Å². The van der Waals surface area contributed by atoms with Crippen LogP contribution < -0.4 is 10.6 Å². The number of imide groups is 1. The van der Waals surface area contributed by atoms with Gasteiger partial charge in [-0.1, -0.05) is 72.3 Å². The molecule has 1 aliphatic heterocycles. The van der Waals surface area contributed by atoms with E-state index in [1.807, 2.05) is 61.5 Å². The van der Waals surface area contributed by atoms with Crippen LogP contribution in [0.15, 0.2) is 89.6 Å². The molecule has 0 saturated heterocycles. The largest absolute Gasteiger partial charge is 0.375 e. The Labute approximate surface area is 196 Å². The van der Waals surface area contributed by atoms with Crippen LogP contribution in [0.4, 0.5) is 5.69 Å². The zero-order valence-corrected chi connectivity index (χ0v) is 18.7. The number of carbonyl (C=O) groups is 3. The van der Waals surface area contributed by atoms with Gasteiger partial charge in [-0.2, -0.15) is 0 Å². The lowest BCUT2D eigenvalue weighted by Gasteiger charge is -2.15. The van der Waals surface area contributed by atoms with Crippen molar-refractivity contribution in [3.05, 3.63) is 112 Å². The lowest BCUT2D eigenvalue weighted by molar-refractivity contribution is -0.138. The van der Waals surface area contributed by atoms with Crippen molar-refractivity contribution in [2.24, 2.45) is 0 Å². The number of amides is 3. The second kappa shape index (κ2) is 9.71. The van der Waals surface area contributed by atoms with Crippen LogP contribution in [0, 0.1) is 6.92 Å². The van der Waals surface area contributed by atoms with Crippen LogP contribution in [0.3, 0.4) is 0 Å². The fourth-order valence-corrected chi connectivity index (χ4v) is 3.73. The average molecular weight is 460 g/mol. The maximum Gasteiger partial charge on any atom is 0.278 e. The van der Waals surface area contributed by atoms with Crippen LogP contribution in [0.1, 0.15) is 27.0 Å². The number of nitrogens with one attached hydrogen (secondary N) is 2. The fourth-order valence-electron chi connectivity index (χ4n) is 3.48. The molecule has 0 unspecified atom stereocenters. The Morgan fingerprint density at radius 3 is 2.21 bits per heavy atom. The molecule has 33 heavy (non-hydrogen) atoms. The second-order valence-electron chi connectivity index (χ2n) is 7.69. The Morgan fingerprint density at radius 2 is 1.52 bits per heavy atom. The molecular weight excluding hydrogens is 438 g/mol. The number of benzene rings is 3. The third-order valence-corrected chi connectivity index (χ3v) is 5.72. The van der Waals surface area contributed by atoms with Gasteiger partial charge in [0, 0.05) is 17.8 Å². The highest BCUT2D eigenvalue weighted by Gasteiger charge is 2.37. The minimum Gasteiger partial charge on any atom is -0.375 e. The number of anilines is 1. The third-order valence-electron chi connectivity index (χ3n) is 5.37. The highest BCUT2D eigenvalue weighted by atomic mass is 35.5. The van der Waals surface area contributed by atoms with E-state index in [1.54, 1.807) is 24.3 Å². The van der Waals surface area contributed by atoms with E-state index in [9.17, 15) is 14.4 Å². The Balaban J connectivity index is 1.38. The fraction of sp³-hybridized carbons (Fsp3) is 0.115. The van der Waals surface area contributed by atoms with Gasteiger partial charge in [0.2, 0.25) is 0 Å². The van der Waals surface area contributed by atoms with Crippen molar-refractivity contribution in [2.75, 3.05) is 5.32 Å². The van der Waals surface area contributed by atoms with Crippen molar-refractivity contribution in [3.63, 3.8) is 0 Å². The van der Waals surface area contributed by atoms with E-state index in [4.69, 9.17) is 11.6 Å². The Kier molecular flexibility index (Phi) is 6.56. The number of halogens is 1. The molecule has 0 spiro atoms. The summed E-state index contributed by atoms with van der Waals surface area (Å²) in [4.78, 5) is 38.8. The number of carbonyl (C=O) groups excluding carboxylic acids is 3. The number of para-hydroxylation sites is 1. The van der Waals surface area contributed by atoms with Crippen molar-refractivity contribution < 1.29 is 14.4 Å². The van der Waals surface area contributed by atoms with Crippen LogP contribution >= 0.6 is 11.6 Å². The van der Waals surface area contributed by atoms with Gasteiger partial charge < -0.3 is 10.6 Å². The standard InChI is InChI=1S/C26H22ClN3O3/c1-17-7-5-6-10-21(17)29-24(31)20-13-11-18(12-14-20)15-28-23-22(27)25(32)30(26(23)33)16-19-8-3-2-4-9-19/h2-14,28H,15-16H2,1H3,(H,29,31). The summed E-state index contributed by atoms with van der Waals surface area (Å²) in [5.74, 6) is -1.18. The van der Waals surface area contributed by atoms with Gasteiger partial charge in [0.25, 0.3) is 17.7 Å². The number of aryl methyl sites for hydroxylation is 1. The van der Waals surface area contributed by atoms with Crippen LogP contribution in [-0.2, 0) is 22.7 Å². The Bertz CT molecular complexity index is 1240. The third kappa shape index (κ3) is 4.96. The highest BCUT2D eigenvalue weighted by Crippen LogP contribution is 2.24. The predicted molar refractivity (Wildman–Crippen MR) is 127 cm³/mol. The first kappa shape index (κ1) is 22.3.